The zero-order valence-electron chi connectivity index (χ0n) is 16.6. The summed E-state index contributed by atoms with van der Waals surface area (Å²) in [5.41, 5.74) is 3.85. The molecule has 7 heteroatoms. The van der Waals surface area contributed by atoms with Gasteiger partial charge in [0.1, 0.15) is 0 Å². The van der Waals surface area contributed by atoms with Crippen molar-refractivity contribution in [3.63, 3.8) is 0 Å². The van der Waals surface area contributed by atoms with Gasteiger partial charge in [0.15, 0.2) is 5.96 Å². The number of aryl methyl sites for hydroxylation is 1. The predicted octanol–water partition coefficient (Wildman–Crippen LogP) is 3.25. The number of aromatic nitrogens is 1. The molecule has 0 bridgehead atoms. The number of H-pyrrole nitrogens is 1. The maximum atomic E-state index is 5.46. The van der Waals surface area contributed by atoms with Gasteiger partial charge in [-0.15, -0.1) is 24.0 Å². The fourth-order valence-corrected chi connectivity index (χ4v) is 2.83. The maximum Gasteiger partial charge on any atom is 0.191 e. The largest absolute Gasteiger partial charge is 0.382 e. The molecule has 0 spiro atoms. The van der Waals surface area contributed by atoms with Crippen molar-refractivity contribution in [2.24, 2.45) is 4.99 Å². The summed E-state index contributed by atoms with van der Waals surface area (Å²) < 4.78 is 10.4. The van der Waals surface area contributed by atoms with Gasteiger partial charge < -0.3 is 25.1 Å². The first-order valence-corrected chi connectivity index (χ1v) is 9.40. The Balaban J connectivity index is 0.00000364. The van der Waals surface area contributed by atoms with E-state index in [1.165, 1.54) is 22.0 Å². The van der Waals surface area contributed by atoms with E-state index in [1.807, 2.05) is 0 Å². The number of fused-ring (bicyclic) bond motifs is 1. The van der Waals surface area contributed by atoms with E-state index in [9.17, 15) is 0 Å². The third-order valence-electron chi connectivity index (χ3n) is 4.19. The number of ether oxygens (including phenoxy) is 2. The number of nitrogens with zero attached hydrogens (tertiary/aromatic N) is 1. The Hall–Kier alpha value is -1.32. The quantitative estimate of drug-likeness (QED) is 0.197. The molecule has 6 nitrogen and oxygen atoms in total. The smallest absolute Gasteiger partial charge is 0.191 e. The van der Waals surface area contributed by atoms with E-state index in [2.05, 4.69) is 58.9 Å². The van der Waals surface area contributed by atoms with Crippen LogP contribution in [0.5, 0.6) is 0 Å². The number of benzene rings is 1. The molecular formula is C20H33IN4O2. The zero-order chi connectivity index (χ0) is 18.6. The minimum absolute atomic E-state index is 0. The lowest BCUT2D eigenvalue weighted by Gasteiger charge is -2.11. The van der Waals surface area contributed by atoms with Gasteiger partial charge in [-0.1, -0.05) is 18.2 Å². The van der Waals surface area contributed by atoms with Crippen molar-refractivity contribution in [2.75, 3.05) is 46.6 Å². The summed E-state index contributed by atoms with van der Waals surface area (Å²) in [6, 6.07) is 6.43. The molecule has 0 aliphatic carbocycles. The SMILES string of the molecule is CCNC(=NCCCOCCOC)NCCc1c[nH]c2c(C)cccc12.I. The normalized spacial score (nSPS) is 11.4. The van der Waals surface area contributed by atoms with Crippen LogP contribution >= 0.6 is 24.0 Å². The Morgan fingerprint density at radius 3 is 2.81 bits per heavy atom. The second-order valence-electron chi connectivity index (χ2n) is 6.21. The summed E-state index contributed by atoms with van der Waals surface area (Å²) in [5.74, 6) is 0.861. The number of hydrogen-bond donors (Lipinski definition) is 3. The van der Waals surface area contributed by atoms with Crippen molar-refractivity contribution in [1.29, 1.82) is 0 Å². The van der Waals surface area contributed by atoms with E-state index in [0.717, 1.165) is 38.4 Å². The number of methoxy groups -OCH3 is 1. The van der Waals surface area contributed by atoms with E-state index in [1.54, 1.807) is 7.11 Å². The van der Waals surface area contributed by atoms with Gasteiger partial charge in [-0.3, -0.25) is 4.99 Å². The van der Waals surface area contributed by atoms with Crippen LogP contribution in [-0.2, 0) is 15.9 Å². The number of hydrogen-bond acceptors (Lipinski definition) is 3. The molecule has 0 aliphatic heterocycles. The van der Waals surface area contributed by atoms with Gasteiger partial charge >= 0.3 is 0 Å². The molecule has 0 aliphatic rings. The van der Waals surface area contributed by atoms with E-state index in [4.69, 9.17) is 9.47 Å². The van der Waals surface area contributed by atoms with Gasteiger partial charge in [0, 0.05) is 50.5 Å². The molecule has 2 aromatic rings. The molecule has 0 saturated carbocycles. The average Bonchev–Trinajstić information content (AvgIpc) is 3.05. The molecule has 1 heterocycles. The van der Waals surface area contributed by atoms with Gasteiger partial charge in [0.25, 0.3) is 0 Å². The standard InChI is InChI=1S/C20H32N4O2.HI/c1-4-21-20(22-10-6-12-26-14-13-25-3)23-11-9-17-15-24-19-16(2)7-5-8-18(17)19;/h5,7-8,15,24H,4,6,9-14H2,1-3H3,(H2,21,22,23);1H. The van der Waals surface area contributed by atoms with Gasteiger partial charge in [0.05, 0.1) is 13.2 Å². The van der Waals surface area contributed by atoms with Crippen LogP contribution in [0, 0.1) is 6.92 Å². The first-order valence-electron chi connectivity index (χ1n) is 9.40. The summed E-state index contributed by atoms with van der Waals surface area (Å²) in [7, 11) is 1.68. The molecule has 0 fully saturated rings. The number of aromatic amines is 1. The van der Waals surface area contributed by atoms with Gasteiger partial charge in [-0.25, -0.2) is 0 Å². The van der Waals surface area contributed by atoms with Crippen LogP contribution in [0.15, 0.2) is 29.4 Å². The molecule has 0 atom stereocenters. The molecule has 0 saturated heterocycles. The highest BCUT2D eigenvalue weighted by Crippen LogP contribution is 2.21. The fraction of sp³-hybridized carbons (Fsp3) is 0.550. The number of para-hydroxylation sites is 1. The second kappa shape index (κ2) is 13.8. The molecular weight excluding hydrogens is 455 g/mol. The average molecular weight is 488 g/mol. The highest BCUT2D eigenvalue weighted by atomic mass is 127. The van der Waals surface area contributed by atoms with Gasteiger partial charge in [-0.2, -0.15) is 0 Å². The lowest BCUT2D eigenvalue weighted by atomic mass is 10.1. The fourth-order valence-electron chi connectivity index (χ4n) is 2.83. The second-order valence-corrected chi connectivity index (χ2v) is 6.21. The molecule has 0 radical (unpaired) electrons. The van der Waals surface area contributed by atoms with Crippen LogP contribution in [0.2, 0.25) is 0 Å². The molecule has 27 heavy (non-hydrogen) atoms. The van der Waals surface area contributed by atoms with Crippen LogP contribution in [0.25, 0.3) is 10.9 Å². The summed E-state index contributed by atoms with van der Waals surface area (Å²) in [5, 5.41) is 8.01. The number of halogens is 1. The number of nitrogens with one attached hydrogen (secondary N) is 3. The van der Waals surface area contributed by atoms with Crippen molar-refractivity contribution in [3.8, 4) is 0 Å². The minimum Gasteiger partial charge on any atom is -0.382 e. The Labute approximate surface area is 179 Å². The molecule has 152 valence electrons. The third-order valence-corrected chi connectivity index (χ3v) is 4.19. The third kappa shape index (κ3) is 8.06. The summed E-state index contributed by atoms with van der Waals surface area (Å²) >= 11 is 0. The van der Waals surface area contributed by atoms with Gasteiger partial charge in [0.2, 0.25) is 0 Å². The zero-order valence-corrected chi connectivity index (χ0v) is 19.0. The Morgan fingerprint density at radius 2 is 2.04 bits per heavy atom. The monoisotopic (exact) mass is 488 g/mol. The van der Waals surface area contributed by atoms with Gasteiger partial charge in [-0.05, 0) is 37.8 Å². The van der Waals surface area contributed by atoms with Crippen molar-refractivity contribution in [3.05, 3.63) is 35.5 Å². The first-order chi connectivity index (χ1) is 12.8. The van der Waals surface area contributed by atoms with E-state index in [-0.39, 0.29) is 24.0 Å². The molecule has 0 unspecified atom stereocenters. The molecule has 3 N–H and O–H groups in total. The first kappa shape index (κ1) is 23.7. The van der Waals surface area contributed by atoms with Crippen LogP contribution in [0.3, 0.4) is 0 Å². The maximum absolute atomic E-state index is 5.46. The van der Waals surface area contributed by atoms with E-state index >= 15 is 0 Å². The minimum atomic E-state index is 0. The van der Waals surface area contributed by atoms with Crippen molar-refractivity contribution in [1.82, 2.24) is 15.6 Å². The number of aliphatic imine (C=N–C) groups is 1. The molecule has 1 aromatic carbocycles. The molecule has 0 amide bonds. The van der Waals surface area contributed by atoms with E-state index in [0.29, 0.717) is 19.8 Å². The topological polar surface area (TPSA) is 70.7 Å². The Bertz CT molecular complexity index is 688. The highest BCUT2D eigenvalue weighted by molar-refractivity contribution is 14.0. The van der Waals surface area contributed by atoms with Crippen molar-refractivity contribution in [2.45, 2.75) is 26.7 Å². The van der Waals surface area contributed by atoms with E-state index < -0.39 is 0 Å². The van der Waals surface area contributed by atoms with Crippen LogP contribution in [-0.4, -0.2) is 57.5 Å². The summed E-state index contributed by atoms with van der Waals surface area (Å²) in [6.07, 6.45) is 3.97. The molecule has 2 rings (SSSR count). The highest BCUT2D eigenvalue weighted by Gasteiger charge is 2.05. The lowest BCUT2D eigenvalue weighted by molar-refractivity contribution is 0.0702. The number of rotatable bonds is 11. The van der Waals surface area contributed by atoms with Crippen molar-refractivity contribution < 1.29 is 9.47 Å². The van der Waals surface area contributed by atoms with Crippen LogP contribution in [0.1, 0.15) is 24.5 Å². The predicted molar refractivity (Wildman–Crippen MR) is 123 cm³/mol. The van der Waals surface area contributed by atoms with Crippen LogP contribution < -0.4 is 10.6 Å². The summed E-state index contributed by atoms with van der Waals surface area (Å²) in [4.78, 5) is 7.99. The van der Waals surface area contributed by atoms with Crippen LogP contribution in [0.4, 0.5) is 0 Å². The summed E-state index contributed by atoms with van der Waals surface area (Å²) in [6.45, 7) is 8.64. The van der Waals surface area contributed by atoms with Crippen molar-refractivity contribution >= 4 is 40.8 Å². The Morgan fingerprint density at radius 1 is 1.19 bits per heavy atom. The lowest BCUT2D eigenvalue weighted by Crippen LogP contribution is -2.38. The number of guanidine groups is 1. The Kier molecular flexibility index (Phi) is 12.1. The molecule has 1 aromatic heterocycles.